The lowest BCUT2D eigenvalue weighted by atomic mass is 9.86. The van der Waals surface area contributed by atoms with Crippen LogP contribution >= 0.6 is 23.2 Å². The summed E-state index contributed by atoms with van der Waals surface area (Å²) in [6.45, 7) is 13.6. The topological polar surface area (TPSA) is 8.82 Å². The summed E-state index contributed by atoms with van der Waals surface area (Å²) in [6, 6.07) is 27.1. The number of hydrogen-bond acceptors (Lipinski definition) is 0. The molecular weight excluding hydrogens is 555 g/mol. The molecule has 0 aliphatic rings. The summed E-state index contributed by atoms with van der Waals surface area (Å²) in [7, 11) is 0. The highest BCUT2D eigenvalue weighted by Crippen LogP contribution is 2.47. The van der Waals surface area contributed by atoms with Crippen LogP contribution < -0.4 is 0 Å². The molecule has 0 unspecified atom stereocenters. The molecule has 0 saturated heterocycles. The first-order valence-corrected chi connectivity index (χ1v) is 15.4. The lowest BCUT2D eigenvalue weighted by Crippen LogP contribution is -2.10. The Hall–Kier alpha value is -3.72. The lowest BCUT2D eigenvalue weighted by Gasteiger charge is -2.19. The fourth-order valence-electron chi connectivity index (χ4n) is 7.46. The molecule has 0 atom stereocenters. The second-order valence-electron chi connectivity index (χ2n) is 14.2. The predicted octanol–water partition coefficient (Wildman–Crippen LogP) is 11.9. The molecule has 42 heavy (non-hydrogen) atoms. The Morgan fingerprint density at radius 3 is 1.21 bits per heavy atom. The molecule has 9 rings (SSSR count). The van der Waals surface area contributed by atoms with Crippen molar-refractivity contribution >= 4 is 99.4 Å². The highest BCUT2D eigenvalue weighted by molar-refractivity contribution is 6.42. The molecule has 0 spiro atoms. The second-order valence-corrected chi connectivity index (χ2v) is 15.0. The summed E-state index contributed by atoms with van der Waals surface area (Å²) in [5, 5.41) is 11.3. The van der Waals surface area contributed by atoms with Gasteiger partial charge in [0, 0.05) is 43.1 Å². The van der Waals surface area contributed by atoms with E-state index in [0.29, 0.717) is 0 Å². The first kappa shape index (κ1) is 24.8. The van der Waals surface area contributed by atoms with Crippen LogP contribution in [0.2, 0.25) is 10.0 Å². The Bertz CT molecular complexity index is 2420. The quantitative estimate of drug-likeness (QED) is 0.167. The summed E-state index contributed by atoms with van der Waals surface area (Å²) in [6.07, 6.45) is 0. The average Bonchev–Trinajstić information content (AvgIpc) is 3.64. The first-order valence-electron chi connectivity index (χ1n) is 14.7. The maximum atomic E-state index is 6.96. The van der Waals surface area contributed by atoms with Gasteiger partial charge in [0.15, 0.2) is 0 Å². The Balaban J connectivity index is 1.48. The van der Waals surface area contributed by atoms with Gasteiger partial charge in [0.2, 0.25) is 0 Å². The van der Waals surface area contributed by atoms with Gasteiger partial charge in [0.05, 0.1) is 43.1 Å². The van der Waals surface area contributed by atoms with Crippen LogP contribution in [0, 0.1) is 0 Å². The van der Waals surface area contributed by atoms with Crippen molar-refractivity contribution in [1.29, 1.82) is 0 Å². The maximum Gasteiger partial charge on any atom is 0.0635 e. The molecule has 0 saturated carbocycles. The molecule has 0 aliphatic carbocycles. The van der Waals surface area contributed by atoms with E-state index in [0.717, 1.165) is 20.8 Å². The molecule has 0 N–H and O–H groups in total. The second kappa shape index (κ2) is 7.61. The van der Waals surface area contributed by atoms with Gasteiger partial charge in [-0.05, 0) is 70.5 Å². The van der Waals surface area contributed by atoms with E-state index in [1.165, 1.54) is 76.5 Å². The number of benzene rings is 5. The van der Waals surface area contributed by atoms with Crippen molar-refractivity contribution in [2.75, 3.05) is 0 Å². The molecule has 2 nitrogen and oxygen atoms in total. The fraction of sp³-hybridized carbons (Fsp3) is 0.211. The summed E-state index contributed by atoms with van der Waals surface area (Å²) >= 11 is 13.9. The van der Waals surface area contributed by atoms with Crippen molar-refractivity contribution in [2.45, 2.75) is 52.4 Å². The van der Waals surface area contributed by atoms with Crippen LogP contribution in [-0.2, 0) is 10.8 Å². The van der Waals surface area contributed by atoms with Gasteiger partial charge in [-0.2, -0.15) is 0 Å². The molecule has 4 heterocycles. The van der Waals surface area contributed by atoms with Crippen molar-refractivity contribution in [2.24, 2.45) is 0 Å². The number of halogens is 2. The number of fused-ring (bicyclic) bond motifs is 12. The van der Waals surface area contributed by atoms with E-state index in [2.05, 4.69) is 123 Å². The van der Waals surface area contributed by atoms with Crippen LogP contribution in [-0.4, -0.2) is 8.80 Å². The van der Waals surface area contributed by atoms with Crippen LogP contribution in [0.3, 0.4) is 0 Å². The lowest BCUT2D eigenvalue weighted by molar-refractivity contribution is 0.591. The van der Waals surface area contributed by atoms with Crippen molar-refractivity contribution in [1.82, 2.24) is 8.80 Å². The smallest absolute Gasteiger partial charge is 0.0635 e. The fourth-order valence-corrected chi connectivity index (χ4v) is 7.97. The van der Waals surface area contributed by atoms with Crippen molar-refractivity contribution in [3.8, 4) is 0 Å². The van der Waals surface area contributed by atoms with Crippen LogP contribution in [0.15, 0.2) is 72.8 Å². The van der Waals surface area contributed by atoms with Crippen molar-refractivity contribution in [3.63, 3.8) is 0 Å². The van der Waals surface area contributed by atoms with Crippen LogP contribution in [0.1, 0.15) is 52.7 Å². The third kappa shape index (κ3) is 2.92. The van der Waals surface area contributed by atoms with Crippen LogP contribution in [0.25, 0.3) is 76.2 Å². The number of hydrogen-bond donors (Lipinski definition) is 0. The normalized spacial score (nSPS) is 13.7. The molecule has 4 aromatic heterocycles. The molecule has 0 aliphatic heterocycles. The van der Waals surface area contributed by atoms with E-state index in [1.54, 1.807) is 0 Å². The van der Waals surface area contributed by atoms with E-state index < -0.39 is 0 Å². The zero-order valence-electron chi connectivity index (χ0n) is 24.6. The zero-order valence-corrected chi connectivity index (χ0v) is 26.1. The van der Waals surface area contributed by atoms with Gasteiger partial charge in [-0.15, -0.1) is 0 Å². The Labute approximate surface area is 253 Å². The van der Waals surface area contributed by atoms with Gasteiger partial charge >= 0.3 is 0 Å². The number of nitrogens with zero attached hydrogens (tertiary/aromatic N) is 2. The summed E-state index contributed by atoms with van der Waals surface area (Å²) < 4.78 is 4.87. The number of rotatable bonds is 0. The SMILES string of the molecule is CC(C)(C)c1ccc2c(c1)c1c(Cl)ccc3c4cc5c(cc4n2c31)c1ccc(Cl)c2c3cc(C(C)(C)C)ccc3n5c12. The minimum absolute atomic E-state index is 0.0550. The van der Waals surface area contributed by atoms with Crippen molar-refractivity contribution in [3.05, 3.63) is 94.0 Å². The molecule has 0 bridgehead atoms. The third-order valence-corrected chi connectivity index (χ3v) is 10.3. The Kier molecular flexibility index (Phi) is 4.50. The van der Waals surface area contributed by atoms with E-state index in [-0.39, 0.29) is 10.8 Å². The summed E-state index contributed by atoms with van der Waals surface area (Å²) in [5.74, 6) is 0. The zero-order chi connectivity index (χ0) is 29.0. The van der Waals surface area contributed by atoms with Gasteiger partial charge in [0.1, 0.15) is 0 Å². The monoisotopic (exact) mass is 584 g/mol. The molecule has 0 fully saturated rings. The minimum atomic E-state index is 0.0550. The molecule has 5 aromatic carbocycles. The van der Waals surface area contributed by atoms with E-state index in [9.17, 15) is 0 Å². The van der Waals surface area contributed by atoms with E-state index in [1.807, 2.05) is 0 Å². The predicted molar refractivity (Wildman–Crippen MR) is 183 cm³/mol. The van der Waals surface area contributed by atoms with Gasteiger partial charge in [-0.3, -0.25) is 0 Å². The molecule has 4 heteroatoms. The Morgan fingerprint density at radius 1 is 0.429 bits per heavy atom. The molecular formula is C38H30Cl2N2. The third-order valence-electron chi connectivity index (χ3n) is 9.62. The maximum absolute atomic E-state index is 6.96. The van der Waals surface area contributed by atoms with Gasteiger partial charge in [-0.1, -0.05) is 89.0 Å². The van der Waals surface area contributed by atoms with Crippen LogP contribution in [0.5, 0.6) is 0 Å². The molecule has 9 aromatic rings. The highest BCUT2D eigenvalue weighted by atomic mass is 35.5. The number of aromatic nitrogens is 2. The summed E-state index contributed by atoms with van der Waals surface area (Å²) in [5.41, 5.74) is 9.97. The molecule has 0 radical (unpaired) electrons. The summed E-state index contributed by atoms with van der Waals surface area (Å²) in [4.78, 5) is 0. The molecule has 206 valence electrons. The van der Waals surface area contributed by atoms with Gasteiger partial charge < -0.3 is 8.80 Å². The molecule has 0 amide bonds. The average molecular weight is 586 g/mol. The Morgan fingerprint density at radius 2 is 0.833 bits per heavy atom. The van der Waals surface area contributed by atoms with Crippen LogP contribution in [0.4, 0.5) is 0 Å². The van der Waals surface area contributed by atoms with Gasteiger partial charge in [-0.25, -0.2) is 0 Å². The van der Waals surface area contributed by atoms with E-state index in [4.69, 9.17) is 23.2 Å². The first-order chi connectivity index (χ1) is 19.9. The minimum Gasteiger partial charge on any atom is -0.308 e. The highest BCUT2D eigenvalue weighted by Gasteiger charge is 2.26. The standard InChI is InChI=1S/C38H30Cl2N2/c1-37(2,3)19-7-13-29-25(15-19)33-27(39)11-9-21-23-18-32-24(17-31(23)41(29)35(21)33)22-10-12-28(40)34-26-16-20(38(4,5)6)8-14-30(26)42(32)36(22)34/h7-18H,1-6H3. The largest absolute Gasteiger partial charge is 0.308 e. The van der Waals surface area contributed by atoms with Gasteiger partial charge in [0.25, 0.3) is 0 Å². The van der Waals surface area contributed by atoms with E-state index >= 15 is 0 Å². The van der Waals surface area contributed by atoms with Crippen molar-refractivity contribution < 1.29 is 0 Å².